The first-order chi connectivity index (χ1) is 13.7. The molecule has 152 valence electrons. The van der Waals surface area contributed by atoms with Crippen molar-refractivity contribution < 1.29 is 27.8 Å². The van der Waals surface area contributed by atoms with E-state index in [2.05, 4.69) is 0 Å². The summed E-state index contributed by atoms with van der Waals surface area (Å²) < 4.78 is 37.6. The number of amides is 1. The van der Waals surface area contributed by atoms with E-state index < -0.39 is 35.7 Å². The number of halogens is 2. The van der Waals surface area contributed by atoms with Crippen molar-refractivity contribution >= 4 is 17.6 Å². The maximum absolute atomic E-state index is 14.1. The van der Waals surface area contributed by atoms with E-state index in [0.717, 1.165) is 4.90 Å². The van der Waals surface area contributed by atoms with E-state index in [1.807, 2.05) is 6.07 Å². The molecule has 0 radical (unpaired) electrons. The number of para-hydroxylation sites is 1. The molecule has 0 atom stereocenters. The lowest BCUT2D eigenvalue weighted by atomic mass is 10.1. The quantitative estimate of drug-likeness (QED) is 0.630. The smallest absolute Gasteiger partial charge is 0.350 e. The minimum absolute atomic E-state index is 0.00868. The lowest BCUT2D eigenvalue weighted by Crippen LogP contribution is -2.42. The van der Waals surface area contributed by atoms with Crippen LogP contribution in [0.4, 0.5) is 14.5 Å². The summed E-state index contributed by atoms with van der Waals surface area (Å²) >= 11 is 0. The van der Waals surface area contributed by atoms with Crippen LogP contribution in [-0.4, -0.2) is 30.6 Å². The fourth-order valence-electron chi connectivity index (χ4n) is 2.43. The van der Waals surface area contributed by atoms with Gasteiger partial charge < -0.3 is 14.4 Å². The number of carbonyl (C=O) groups excluding carboxylic acids is 2. The van der Waals surface area contributed by atoms with Crippen LogP contribution in [0, 0.1) is 23.0 Å². The maximum atomic E-state index is 14.1. The zero-order valence-electron chi connectivity index (χ0n) is 16.0. The molecule has 0 saturated carbocycles. The highest BCUT2D eigenvalue weighted by atomic mass is 19.1. The molecule has 0 aliphatic rings. The minimum Gasteiger partial charge on any atom is -0.476 e. The molecule has 8 heteroatoms. The van der Waals surface area contributed by atoms with Crippen LogP contribution in [0.5, 0.6) is 5.75 Å². The van der Waals surface area contributed by atoms with E-state index in [0.29, 0.717) is 0 Å². The van der Waals surface area contributed by atoms with Crippen molar-refractivity contribution in [3.8, 4) is 11.8 Å². The molecule has 1 amide bonds. The van der Waals surface area contributed by atoms with Gasteiger partial charge in [-0.1, -0.05) is 12.1 Å². The van der Waals surface area contributed by atoms with Crippen molar-refractivity contribution in [2.24, 2.45) is 0 Å². The Morgan fingerprint density at radius 1 is 1.10 bits per heavy atom. The summed E-state index contributed by atoms with van der Waals surface area (Å²) in [5, 5.41) is 8.79. The number of carbonyl (C=O) groups is 2. The van der Waals surface area contributed by atoms with E-state index >= 15 is 0 Å². The molecule has 2 rings (SSSR count). The molecule has 0 aromatic heterocycles. The van der Waals surface area contributed by atoms with Gasteiger partial charge in [0.1, 0.15) is 17.4 Å². The Morgan fingerprint density at radius 2 is 1.76 bits per heavy atom. The molecule has 2 aromatic rings. The molecular formula is C21H20F2N2O4. The Labute approximate surface area is 167 Å². The van der Waals surface area contributed by atoms with E-state index in [4.69, 9.17) is 14.7 Å². The van der Waals surface area contributed by atoms with Crippen LogP contribution in [-0.2, 0) is 14.3 Å². The molecule has 0 unspecified atom stereocenters. The summed E-state index contributed by atoms with van der Waals surface area (Å²) in [6, 6.07) is 12.6. The van der Waals surface area contributed by atoms with Crippen LogP contribution < -0.4 is 9.64 Å². The van der Waals surface area contributed by atoms with Crippen molar-refractivity contribution in [1.82, 2.24) is 0 Å². The van der Waals surface area contributed by atoms with Crippen LogP contribution in [0.2, 0.25) is 0 Å². The number of benzene rings is 2. The van der Waals surface area contributed by atoms with Crippen molar-refractivity contribution in [2.45, 2.75) is 25.9 Å². The standard InChI is InChI=1S/C21H20F2N2O4/c1-21(2,29-16-10-8-15(22)9-11-16)20(27)28-14-19(26)25(13-5-12-24)18-7-4-3-6-17(18)23/h3-4,6-11H,5,13-14H2,1-2H3. The summed E-state index contributed by atoms with van der Waals surface area (Å²) in [5.41, 5.74) is -1.46. The summed E-state index contributed by atoms with van der Waals surface area (Å²) in [4.78, 5) is 25.9. The lowest BCUT2D eigenvalue weighted by molar-refractivity contribution is -0.161. The topological polar surface area (TPSA) is 79.6 Å². The largest absolute Gasteiger partial charge is 0.476 e. The highest BCUT2D eigenvalue weighted by Crippen LogP contribution is 2.21. The minimum atomic E-state index is -1.45. The van der Waals surface area contributed by atoms with Gasteiger partial charge in [-0.3, -0.25) is 4.79 Å². The molecule has 0 bridgehead atoms. The first-order valence-electron chi connectivity index (χ1n) is 8.78. The number of hydrogen-bond acceptors (Lipinski definition) is 5. The van der Waals surface area contributed by atoms with Crippen LogP contribution in [0.1, 0.15) is 20.3 Å². The maximum Gasteiger partial charge on any atom is 0.350 e. The average Bonchev–Trinajstić information content (AvgIpc) is 2.69. The van der Waals surface area contributed by atoms with Gasteiger partial charge in [-0.15, -0.1) is 0 Å². The molecule has 0 aliphatic carbocycles. The Balaban J connectivity index is 2.04. The van der Waals surface area contributed by atoms with Gasteiger partial charge in [0.25, 0.3) is 5.91 Å². The third-order valence-corrected chi connectivity index (χ3v) is 3.90. The molecule has 0 spiro atoms. The second kappa shape index (κ2) is 9.64. The number of nitrogens with zero attached hydrogens (tertiary/aromatic N) is 2. The van der Waals surface area contributed by atoms with E-state index in [9.17, 15) is 18.4 Å². The van der Waals surface area contributed by atoms with Gasteiger partial charge in [0, 0.05) is 6.54 Å². The SMILES string of the molecule is CC(C)(Oc1ccc(F)cc1)C(=O)OCC(=O)N(CCC#N)c1ccccc1F. The first-order valence-corrected chi connectivity index (χ1v) is 8.78. The summed E-state index contributed by atoms with van der Waals surface area (Å²) in [5.74, 6) is -2.35. The van der Waals surface area contributed by atoms with Gasteiger partial charge in [-0.25, -0.2) is 13.6 Å². The number of anilines is 1. The first kappa shape index (κ1) is 21.8. The number of ether oxygens (including phenoxy) is 2. The number of nitriles is 1. The summed E-state index contributed by atoms with van der Waals surface area (Å²) in [7, 11) is 0. The third-order valence-electron chi connectivity index (χ3n) is 3.90. The predicted octanol–water partition coefficient (Wildman–Crippen LogP) is 3.61. The van der Waals surface area contributed by atoms with E-state index in [1.54, 1.807) is 6.07 Å². The van der Waals surface area contributed by atoms with Crippen molar-refractivity contribution in [3.63, 3.8) is 0 Å². The molecule has 0 heterocycles. The fraction of sp³-hybridized carbons (Fsp3) is 0.286. The molecule has 6 nitrogen and oxygen atoms in total. The normalized spacial score (nSPS) is 10.7. The lowest BCUT2D eigenvalue weighted by Gasteiger charge is -2.26. The monoisotopic (exact) mass is 402 g/mol. The Morgan fingerprint density at radius 3 is 2.38 bits per heavy atom. The molecule has 0 N–H and O–H groups in total. The molecule has 0 aliphatic heterocycles. The Kier molecular flexibility index (Phi) is 7.26. The second-order valence-electron chi connectivity index (χ2n) is 6.55. The Bertz CT molecular complexity index is 908. The van der Waals surface area contributed by atoms with Gasteiger partial charge in [-0.05, 0) is 50.2 Å². The van der Waals surface area contributed by atoms with Crippen LogP contribution in [0.15, 0.2) is 48.5 Å². The molecule has 0 saturated heterocycles. The summed E-state index contributed by atoms with van der Waals surface area (Å²) in [6.45, 7) is 2.17. The van der Waals surface area contributed by atoms with Gasteiger partial charge in [0.2, 0.25) is 0 Å². The second-order valence-corrected chi connectivity index (χ2v) is 6.55. The van der Waals surface area contributed by atoms with Crippen LogP contribution in [0.3, 0.4) is 0 Å². The molecular weight excluding hydrogens is 382 g/mol. The molecule has 2 aromatic carbocycles. The summed E-state index contributed by atoms with van der Waals surface area (Å²) in [6.07, 6.45) is -0.0206. The zero-order chi connectivity index (χ0) is 21.4. The predicted molar refractivity (Wildman–Crippen MR) is 101 cm³/mol. The van der Waals surface area contributed by atoms with Gasteiger partial charge >= 0.3 is 5.97 Å². The number of hydrogen-bond donors (Lipinski definition) is 0. The highest BCUT2D eigenvalue weighted by Gasteiger charge is 2.33. The Hall–Kier alpha value is -3.47. The molecule has 29 heavy (non-hydrogen) atoms. The van der Waals surface area contributed by atoms with Gasteiger partial charge in [0.15, 0.2) is 12.2 Å². The zero-order valence-corrected chi connectivity index (χ0v) is 16.0. The van der Waals surface area contributed by atoms with Crippen molar-refractivity contribution in [2.75, 3.05) is 18.1 Å². The van der Waals surface area contributed by atoms with Crippen molar-refractivity contribution in [3.05, 3.63) is 60.2 Å². The molecule has 0 fully saturated rings. The third kappa shape index (κ3) is 6.01. The van der Waals surface area contributed by atoms with E-state index in [-0.39, 0.29) is 24.4 Å². The van der Waals surface area contributed by atoms with Gasteiger partial charge in [0.05, 0.1) is 18.2 Å². The van der Waals surface area contributed by atoms with Crippen molar-refractivity contribution in [1.29, 1.82) is 5.26 Å². The highest BCUT2D eigenvalue weighted by molar-refractivity contribution is 5.95. The van der Waals surface area contributed by atoms with Gasteiger partial charge in [-0.2, -0.15) is 5.26 Å². The van der Waals surface area contributed by atoms with Crippen LogP contribution >= 0.6 is 0 Å². The fourth-order valence-corrected chi connectivity index (χ4v) is 2.43. The number of esters is 1. The van der Waals surface area contributed by atoms with E-state index in [1.165, 1.54) is 56.3 Å². The average molecular weight is 402 g/mol. The van der Waals surface area contributed by atoms with Crippen LogP contribution in [0.25, 0.3) is 0 Å². The number of rotatable bonds is 8.